The fourth-order valence-electron chi connectivity index (χ4n) is 0.683. The number of aromatic nitrogens is 2. The summed E-state index contributed by atoms with van der Waals surface area (Å²) in [6.45, 7) is 6.43. The Bertz CT molecular complexity index is 253. The van der Waals surface area contributed by atoms with Gasteiger partial charge in [-0.15, -0.1) is 0 Å². The Labute approximate surface area is 81.7 Å². The van der Waals surface area contributed by atoms with Crippen LogP contribution < -0.4 is 0 Å². The van der Waals surface area contributed by atoms with Gasteiger partial charge in [0.1, 0.15) is 0 Å². The van der Waals surface area contributed by atoms with E-state index in [1.165, 1.54) is 11.1 Å². The molecule has 82 valence electrons. The zero-order valence-corrected chi connectivity index (χ0v) is 8.60. The van der Waals surface area contributed by atoms with Crippen LogP contribution in [0, 0.1) is 0 Å². The van der Waals surface area contributed by atoms with Crippen LogP contribution in [0.25, 0.3) is 0 Å². The molecule has 0 N–H and O–H groups in total. The van der Waals surface area contributed by atoms with Crippen LogP contribution in [0.3, 0.4) is 0 Å². The highest BCUT2D eigenvalue weighted by Gasteiger charge is 2.31. The Morgan fingerprint density at radius 3 is 2.00 bits per heavy atom. The molecule has 0 spiro atoms. The second-order valence-electron chi connectivity index (χ2n) is 2.79. The van der Waals surface area contributed by atoms with Crippen LogP contribution in [-0.2, 0) is 12.7 Å². The fraction of sp³-hybridized carbons (Fsp3) is 0.667. The summed E-state index contributed by atoms with van der Waals surface area (Å²) in [7, 11) is 0. The Morgan fingerprint density at radius 1 is 1.29 bits per heavy atom. The van der Waals surface area contributed by atoms with Gasteiger partial charge in [-0.3, -0.25) is 4.68 Å². The first-order valence-corrected chi connectivity index (χ1v) is 4.55. The van der Waals surface area contributed by atoms with E-state index >= 15 is 0 Å². The minimum absolute atomic E-state index is 0.454. The number of aryl methyl sites for hydroxylation is 1. The van der Waals surface area contributed by atoms with Crippen molar-refractivity contribution in [3.8, 4) is 0 Å². The highest BCUT2D eigenvalue weighted by atomic mass is 19.4. The molecule has 1 heterocycles. The summed E-state index contributed by atoms with van der Waals surface area (Å²) in [5.74, 6) is 0. The average Bonchev–Trinajstić information content (AvgIpc) is 2.52. The van der Waals surface area contributed by atoms with Crippen molar-refractivity contribution in [1.82, 2.24) is 9.78 Å². The quantitative estimate of drug-likeness (QED) is 0.692. The van der Waals surface area contributed by atoms with E-state index in [2.05, 4.69) is 18.9 Å². The molecule has 0 radical (unpaired) electrons. The van der Waals surface area contributed by atoms with Crippen molar-refractivity contribution in [1.29, 1.82) is 0 Å². The molecule has 0 aliphatic rings. The maximum Gasteiger partial charge on any atom is 0.419 e. The molecular weight excluding hydrogens is 193 g/mol. The normalized spacial score (nSPS) is 10.7. The van der Waals surface area contributed by atoms with Crippen molar-refractivity contribution < 1.29 is 13.2 Å². The first-order valence-electron chi connectivity index (χ1n) is 4.55. The van der Waals surface area contributed by atoms with Gasteiger partial charge < -0.3 is 0 Å². The molecule has 0 aliphatic heterocycles. The summed E-state index contributed by atoms with van der Waals surface area (Å²) in [4.78, 5) is 0. The summed E-state index contributed by atoms with van der Waals surface area (Å²) < 4.78 is 36.9. The molecule has 2 nitrogen and oxygen atoms in total. The number of nitrogens with zero attached hydrogens (tertiary/aromatic N) is 2. The van der Waals surface area contributed by atoms with Crippen LogP contribution in [0.15, 0.2) is 12.4 Å². The van der Waals surface area contributed by atoms with Gasteiger partial charge in [0.25, 0.3) is 0 Å². The molecule has 0 unspecified atom stereocenters. The topological polar surface area (TPSA) is 17.8 Å². The predicted octanol–water partition coefficient (Wildman–Crippen LogP) is 3.34. The van der Waals surface area contributed by atoms with E-state index in [9.17, 15) is 13.2 Å². The van der Waals surface area contributed by atoms with Crippen molar-refractivity contribution in [3.63, 3.8) is 0 Å². The maximum absolute atomic E-state index is 11.9. The van der Waals surface area contributed by atoms with Crippen molar-refractivity contribution in [2.75, 3.05) is 0 Å². The second kappa shape index (κ2) is 5.67. The van der Waals surface area contributed by atoms with Gasteiger partial charge in [0.05, 0.1) is 11.8 Å². The summed E-state index contributed by atoms with van der Waals surface area (Å²) in [6.07, 6.45) is -1.21. The smallest absolute Gasteiger partial charge is 0.272 e. The van der Waals surface area contributed by atoms with Crippen LogP contribution >= 0.6 is 0 Å². The lowest BCUT2D eigenvalue weighted by molar-refractivity contribution is -0.137. The van der Waals surface area contributed by atoms with Gasteiger partial charge in [-0.2, -0.15) is 18.3 Å². The van der Waals surface area contributed by atoms with Crippen LogP contribution in [-0.4, -0.2) is 9.78 Å². The molecule has 0 fully saturated rings. The van der Waals surface area contributed by atoms with Gasteiger partial charge in [-0.05, 0) is 6.92 Å². The third-order valence-corrected chi connectivity index (χ3v) is 1.28. The van der Waals surface area contributed by atoms with Gasteiger partial charge in [-0.1, -0.05) is 20.3 Å². The summed E-state index contributed by atoms with van der Waals surface area (Å²) in [5, 5.41) is 3.50. The highest BCUT2D eigenvalue weighted by molar-refractivity contribution is 5.07. The van der Waals surface area contributed by atoms with Gasteiger partial charge in [0.2, 0.25) is 0 Å². The lowest BCUT2D eigenvalue weighted by Crippen LogP contribution is -2.02. The molecule has 1 rings (SSSR count). The van der Waals surface area contributed by atoms with Crippen LogP contribution in [0.1, 0.15) is 32.8 Å². The first kappa shape index (κ1) is 13.0. The standard InChI is InChI=1S/C6H7F3N2.C3H8/c1-2-11-4-5(3-10-11)6(7,8)9;1-3-2/h3-4H,2H2,1H3;3H2,1-2H3. The van der Waals surface area contributed by atoms with E-state index in [4.69, 9.17) is 0 Å². The van der Waals surface area contributed by atoms with E-state index in [1.54, 1.807) is 6.92 Å². The zero-order valence-electron chi connectivity index (χ0n) is 8.60. The van der Waals surface area contributed by atoms with Gasteiger partial charge in [0, 0.05) is 12.7 Å². The Kier molecular flexibility index (Phi) is 5.27. The summed E-state index contributed by atoms with van der Waals surface area (Å²) in [5.41, 5.74) is -0.695. The molecule has 1 aromatic heterocycles. The van der Waals surface area contributed by atoms with E-state index in [0.29, 0.717) is 6.54 Å². The third-order valence-electron chi connectivity index (χ3n) is 1.28. The molecule has 0 saturated carbocycles. The minimum Gasteiger partial charge on any atom is -0.272 e. The number of hydrogen-bond donors (Lipinski definition) is 0. The SMILES string of the molecule is CCC.CCn1cc(C(F)(F)F)cn1. The number of alkyl halides is 3. The third kappa shape index (κ3) is 4.30. The Balaban J connectivity index is 0.000000500. The number of hydrogen-bond acceptors (Lipinski definition) is 1. The van der Waals surface area contributed by atoms with E-state index in [-0.39, 0.29) is 0 Å². The molecule has 0 bridgehead atoms. The molecular formula is C9H15F3N2. The van der Waals surface area contributed by atoms with Crippen molar-refractivity contribution in [2.45, 2.75) is 39.9 Å². The Morgan fingerprint density at radius 2 is 1.79 bits per heavy atom. The summed E-state index contributed by atoms with van der Waals surface area (Å²) in [6, 6.07) is 0. The largest absolute Gasteiger partial charge is 0.419 e. The van der Waals surface area contributed by atoms with E-state index in [1.807, 2.05) is 0 Å². The van der Waals surface area contributed by atoms with Crippen LogP contribution in [0.5, 0.6) is 0 Å². The molecule has 0 atom stereocenters. The second-order valence-corrected chi connectivity index (χ2v) is 2.79. The maximum atomic E-state index is 11.9. The number of rotatable bonds is 1. The van der Waals surface area contributed by atoms with Crippen molar-refractivity contribution in [2.24, 2.45) is 0 Å². The van der Waals surface area contributed by atoms with Gasteiger partial charge in [-0.25, -0.2) is 0 Å². The van der Waals surface area contributed by atoms with Crippen molar-refractivity contribution >= 4 is 0 Å². The first-order chi connectivity index (χ1) is 6.45. The lowest BCUT2D eigenvalue weighted by atomic mass is 10.4. The van der Waals surface area contributed by atoms with Crippen molar-refractivity contribution in [3.05, 3.63) is 18.0 Å². The fourth-order valence-corrected chi connectivity index (χ4v) is 0.683. The molecule has 0 aliphatic carbocycles. The lowest BCUT2D eigenvalue weighted by Gasteiger charge is -1.99. The molecule has 0 aromatic carbocycles. The minimum atomic E-state index is -4.27. The number of halogens is 3. The molecule has 1 aromatic rings. The van der Waals surface area contributed by atoms with Crippen LogP contribution in [0.2, 0.25) is 0 Å². The van der Waals surface area contributed by atoms with Gasteiger partial charge in [0.15, 0.2) is 0 Å². The molecule has 0 amide bonds. The molecule has 14 heavy (non-hydrogen) atoms. The van der Waals surface area contributed by atoms with E-state index < -0.39 is 11.7 Å². The highest BCUT2D eigenvalue weighted by Crippen LogP contribution is 2.28. The Hall–Kier alpha value is -1.00. The van der Waals surface area contributed by atoms with Gasteiger partial charge >= 0.3 is 6.18 Å². The monoisotopic (exact) mass is 208 g/mol. The van der Waals surface area contributed by atoms with E-state index in [0.717, 1.165) is 12.4 Å². The molecule has 5 heteroatoms. The summed E-state index contributed by atoms with van der Waals surface area (Å²) >= 11 is 0. The van der Waals surface area contributed by atoms with Crippen LogP contribution in [0.4, 0.5) is 13.2 Å². The predicted molar refractivity (Wildman–Crippen MR) is 48.9 cm³/mol. The zero-order chi connectivity index (χ0) is 11.2. The average molecular weight is 208 g/mol. The molecule has 0 saturated heterocycles.